The summed E-state index contributed by atoms with van der Waals surface area (Å²) in [6.07, 6.45) is 2.84. The number of carbonyl (C=O) groups is 1. The molecule has 0 aliphatic carbocycles. The number of hydrogen-bond acceptors (Lipinski definition) is 7. The van der Waals surface area contributed by atoms with E-state index in [-0.39, 0.29) is 15.7 Å². The topological polar surface area (TPSA) is 167 Å². The molecule has 0 atom stereocenters. The van der Waals surface area contributed by atoms with Gasteiger partial charge >= 0.3 is 6.03 Å². The molecule has 0 fully saturated rings. The Bertz CT molecular complexity index is 1910. The summed E-state index contributed by atoms with van der Waals surface area (Å²) in [5.41, 5.74) is 0.809. The van der Waals surface area contributed by atoms with Crippen LogP contribution in [0.2, 0.25) is 0 Å². The third-order valence-electron chi connectivity index (χ3n) is 5.54. The van der Waals surface area contributed by atoms with Gasteiger partial charge in [0.25, 0.3) is 20.1 Å². The van der Waals surface area contributed by atoms with Crippen molar-refractivity contribution in [2.75, 3.05) is 15.4 Å². The van der Waals surface area contributed by atoms with Crippen molar-refractivity contribution >= 4 is 65.0 Å². The van der Waals surface area contributed by atoms with Crippen LogP contribution in [0.5, 0.6) is 0 Å². The van der Waals surface area contributed by atoms with Crippen molar-refractivity contribution in [3.8, 4) is 0 Å². The van der Waals surface area contributed by atoms with E-state index >= 15 is 0 Å². The van der Waals surface area contributed by atoms with Gasteiger partial charge in [0.2, 0.25) is 5.95 Å². The quantitative estimate of drug-likeness (QED) is 0.225. The molecular formula is C25H19N5O6S2. The fourth-order valence-electron chi connectivity index (χ4n) is 3.76. The Hall–Kier alpha value is -4.59. The summed E-state index contributed by atoms with van der Waals surface area (Å²) >= 11 is 0. The molecule has 13 heteroatoms. The Morgan fingerprint density at radius 1 is 0.658 bits per heavy atom. The first-order chi connectivity index (χ1) is 18.1. The smallest absolute Gasteiger partial charge is 0.308 e. The lowest BCUT2D eigenvalue weighted by molar-refractivity contribution is 0.262. The Labute approximate surface area is 217 Å². The number of rotatable bonds is 6. The van der Waals surface area contributed by atoms with E-state index in [1.165, 1.54) is 36.7 Å². The van der Waals surface area contributed by atoms with E-state index in [1.807, 2.05) is 0 Å². The van der Waals surface area contributed by atoms with Crippen LogP contribution in [0.25, 0.3) is 21.5 Å². The van der Waals surface area contributed by atoms with Gasteiger partial charge in [0, 0.05) is 23.8 Å². The Morgan fingerprint density at radius 2 is 1.16 bits per heavy atom. The number of urea groups is 1. The van der Waals surface area contributed by atoms with Crippen molar-refractivity contribution in [3.05, 3.63) is 91.3 Å². The SMILES string of the molecule is O=C(Nc1ccc2ccc(S(=O)(=O)O)cc2c1)Nc1ccc2ccc(S(=O)(=O)Nc3ncccn3)cc2c1. The second-order valence-corrected chi connectivity index (χ2v) is 11.3. The zero-order valence-corrected chi connectivity index (χ0v) is 21.0. The number of nitrogens with zero attached hydrogens (tertiary/aromatic N) is 2. The van der Waals surface area contributed by atoms with Crippen molar-refractivity contribution in [2.24, 2.45) is 0 Å². The summed E-state index contributed by atoms with van der Waals surface area (Å²) in [5, 5.41) is 7.92. The molecule has 0 saturated heterocycles. The third kappa shape index (κ3) is 5.54. The zero-order valence-electron chi connectivity index (χ0n) is 19.4. The van der Waals surface area contributed by atoms with Gasteiger partial charge in [0.1, 0.15) is 0 Å². The highest BCUT2D eigenvalue weighted by Gasteiger charge is 2.16. The lowest BCUT2D eigenvalue weighted by Gasteiger charge is -2.11. The maximum absolute atomic E-state index is 12.8. The van der Waals surface area contributed by atoms with Crippen LogP contribution < -0.4 is 15.4 Å². The Balaban J connectivity index is 1.34. The van der Waals surface area contributed by atoms with E-state index in [2.05, 4.69) is 25.3 Å². The second kappa shape index (κ2) is 9.70. The van der Waals surface area contributed by atoms with E-state index in [4.69, 9.17) is 0 Å². The van der Waals surface area contributed by atoms with Crippen LogP contribution in [0.15, 0.2) is 101 Å². The van der Waals surface area contributed by atoms with Gasteiger partial charge in [-0.2, -0.15) is 8.42 Å². The number of anilines is 3. The van der Waals surface area contributed by atoms with Crippen LogP contribution in [-0.4, -0.2) is 37.4 Å². The molecule has 192 valence electrons. The molecule has 1 aromatic heterocycles. The first kappa shape index (κ1) is 25.1. The predicted octanol–water partition coefficient (Wildman–Crippen LogP) is 4.47. The minimum atomic E-state index is -4.36. The van der Waals surface area contributed by atoms with Crippen LogP contribution in [0.3, 0.4) is 0 Å². The number of amides is 2. The summed E-state index contributed by atoms with van der Waals surface area (Å²) in [6, 6.07) is 19.7. The number of aromatic nitrogens is 2. The highest BCUT2D eigenvalue weighted by Crippen LogP contribution is 2.25. The molecule has 2 amide bonds. The van der Waals surface area contributed by atoms with Gasteiger partial charge in [0.05, 0.1) is 9.79 Å². The lowest BCUT2D eigenvalue weighted by atomic mass is 10.1. The molecule has 0 aliphatic heterocycles. The Kier molecular flexibility index (Phi) is 6.40. The number of nitrogens with one attached hydrogen (secondary N) is 3. The fourth-order valence-corrected chi connectivity index (χ4v) is 5.27. The van der Waals surface area contributed by atoms with E-state index in [0.29, 0.717) is 22.1 Å². The number of fused-ring (bicyclic) bond motifs is 2. The first-order valence-electron chi connectivity index (χ1n) is 11.0. The maximum atomic E-state index is 12.8. The summed E-state index contributed by atoms with van der Waals surface area (Å²) in [7, 11) is -8.30. The van der Waals surface area contributed by atoms with Gasteiger partial charge in [-0.3, -0.25) is 4.55 Å². The molecule has 38 heavy (non-hydrogen) atoms. The minimum absolute atomic E-state index is 0.000480. The van der Waals surface area contributed by atoms with E-state index in [0.717, 1.165) is 10.8 Å². The molecule has 11 nitrogen and oxygen atoms in total. The average molecular weight is 550 g/mol. The lowest BCUT2D eigenvalue weighted by Crippen LogP contribution is -2.19. The molecule has 0 spiro atoms. The summed E-state index contributed by atoms with van der Waals surface area (Å²) < 4.78 is 60.0. The van der Waals surface area contributed by atoms with Crippen molar-refractivity contribution in [1.29, 1.82) is 0 Å². The molecule has 0 unspecified atom stereocenters. The third-order valence-corrected chi connectivity index (χ3v) is 7.71. The Morgan fingerprint density at radius 3 is 1.71 bits per heavy atom. The van der Waals surface area contributed by atoms with Gasteiger partial charge in [0.15, 0.2) is 0 Å². The average Bonchev–Trinajstić information content (AvgIpc) is 2.87. The summed E-state index contributed by atoms with van der Waals surface area (Å²) in [4.78, 5) is 20.1. The zero-order chi connectivity index (χ0) is 26.9. The monoisotopic (exact) mass is 549 g/mol. The highest BCUT2D eigenvalue weighted by atomic mass is 32.2. The van der Waals surface area contributed by atoms with Crippen LogP contribution in [0.1, 0.15) is 0 Å². The van der Waals surface area contributed by atoms with Gasteiger partial charge in [-0.15, -0.1) is 0 Å². The minimum Gasteiger partial charge on any atom is -0.308 e. The summed E-state index contributed by atoms with van der Waals surface area (Å²) in [5.74, 6) is -0.0532. The highest BCUT2D eigenvalue weighted by molar-refractivity contribution is 7.92. The van der Waals surface area contributed by atoms with Crippen molar-refractivity contribution in [3.63, 3.8) is 0 Å². The predicted molar refractivity (Wildman–Crippen MR) is 143 cm³/mol. The molecule has 4 aromatic carbocycles. The molecule has 0 bridgehead atoms. The van der Waals surface area contributed by atoms with Crippen LogP contribution in [0.4, 0.5) is 22.1 Å². The number of hydrogen-bond donors (Lipinski definition) is 4. The molecular weight excluding hydrogens is 530 g/mol. The van der Waals surface area contributed by atoms with Crippen molar-refractivity contribution < 1.29 is 26.2 Å². The van der Waals surface area contributed by atoms with Gasteiger partial charge in [-0.25, -0.2) is 27.9 Å². The number of sulfonamides is 1. The van der Waals surface area contributed by atoms with Crippen molar-refractivity contribution in [1.82, 2.24) is 9.97 Å². The molecule has 0 aliphatic rings. The second-order valence-electron chi connectivity index (χ2n) is 8.18. The van der Waals surface area contributed by atoms with Crippen LogP contribution >= 0.6 is 0 Å². The fraction of sp³-hybridized carbons (Fsp3) is 0. The number of benzene rings is 4. The number of carbonyl (C=O) groups excluding carboxylic acids is 1. The molecule has 0 saturated carbocycles. The van der Waals surface area contributed by atoms with Gasteiger partial charge < -0.3 is 10.6 Å². The van der Waals surface area contributed by atoms with Crippen molar-refractivity contribution in [2.45, 2.75) is 9.79 Å². The van der Waals surface area contributed by atoms with Crippen LogP contribution in [-0.2, 0) is 20.1 Å². The summed E-state index contributed by atoms with van der Waals surface area (Å²) in [6.45, 7) is 0. The molecule has 4 N–H and O–H groups in total. The van der Waals surface area contributed by atoms with E-state index in [1.54, 1.807) is 54.6 Å². The molecule has 0 radical (unpaired) electrons. The van der Waals surface area contributed by atoms with Crippen LogP contribution in [0, 0.1) is 0 Å². The molecule has 5 aromatic rings. The van der Waals surface area contributed by atoms with Gasteiger partial charge in [-0.05, 0) is 76.1 Å². The molecule has 5 rings (SSSR count). The van der Waals surface area contributed by atoms with Gasteiger partial charge in [-0.1, -0.05) is 24.3 Å². The van der Waals surface area contributed by atoms with E-state index in [9.17, 15) is 26.2 Å². The molecule has 1 heterocycles. The maximum Gasteiger partial charge on any atom is 0.323 e. The normalized spacial score (nSPS) is 11.8. The van der Waals surface area contributed by atoms with E-state index < -0.39 is 26.2 Å². The largest absolute Gasteiger partial charge is 0.323 e. The first-order valence-corrected chi connectivity index (χ1v) is 13.9. The standard InChI is InChI=1S/C25H19N5O6S2/c31-25(29-21-7-3-17-5-9-23(38(34,35)36)15-19(17)13-21)28-20-6-2-16-4-8-22(14-18(16)12-20)37(32,33)30-24-26-10-1-11-27-24/h1-15H,(H,26,27,30)(H2,28,29,31)(H,34,35,36).